The molecule has 0 fully saturated rings. The van der Waals surface area contributed by atoms with Crippen LogP contribution in [0.15, 0.2) is 58.8 Å². The molecule has 0 amide bonds. The number of thioether (sulfide) groups is 1. The summed E-state index contributed by atoms with van der Waals surface area (Å²) in [5, 5.41) is 17.2. The Morgan fingerprint density at radius 1 is 1.20 bits per heavy atom. The van der Waals surface area contributed by atoms with E-state index in [0.29, 0.717) is 28.7 Å². The molecule has 5 rings (SSSR count). The predicted octanol–water partition coefficient (Wildman–Crippen LogP) is 3.96. The van der Waals surface area contributed by atoms with Crippen molar-refractivity contribution in [3.8, 4) is 23.4 Å². The van der Waals surface area contributed by atoms with Gasteiger partial charge < -0.3 is 19.9 Å². The molecule has 8 heteroatoms. The molecule has 1 aromatic heterocycles. The van der Waals surface area contributed by atoms with Crippen LogP contribution >= 0.6 is 11.8 Å². The number of nitrogens with zero attached hydrogens (tertiary/aromatic N) is 2. The summed E-state index contributed by atoms with van der Waals surface area (Å²) in [5.41, 5.74) is 10.2. The second-order valence-corrected chi connectivity index (χ2v) is 8.11. The molecule has 0 spiro atoms. The number of hydrogen-bond acceptors (Lipinski definition) is 7. The van der Waals surface area contributed by atoms with Crippen molar-refractivity contribution in [2.45, 2.75) is 23.5 Å². The fourth-order valence-corrected chi connectivity index (χ4v) is 4.49. The third-order valence-corrected chi connectivity index (χ3v) is 6.19. The van der Waals surface area contributed by atoms with E-state index in [1.807, 2.05) is 18.2 Å². The number of fused-ring (bicyclic) bond motifs is 2. The van der Waals surface area contributed by atoms with Crippen LogP contribution in [0.3, 0.4) is 0 Å². The van der Waals surface area contributed by atoms with Crippen LogP contribution in [-0.2, 0) is 5.75 Å². The number of aryl methyl sites for hydroxylation is 1. The summed E-state index contributed by atoms with van der Waals surface area (Å²) in [6, 6.07) is 16.2. The van der Waals surface area contributed by atoms with E-state index in [2.05, 4.69) is 47.5 Å². The van der Waals surface area contributed by atoms with Gasteiger partial charge in [0.2, 0.25) is 18.6 Å². The van der Waals surface area contributed by atoms with Crippen LogP contribution in [0, 0.1) is 18.3 Å². The summed E-state index contributed by atoms with van der Waals surface area (Å²) >= 11 is 1.68. The predicted molar refractivity (Wildman–Crippen MR) is 111 cm³/mol. The average molecular weight is 418 g/mol. The van der Waals surface area contributed by atoms with Gasteiger partial charge in [0.05, 0.1) is 17.2 Å². The number of allylic oxidation sites excluding steroid dienone is 1. The van der Waals surface area contributed by atoms with E-state index in [4.69, 9.17) is 19.9 Å². The Morgan fingerprint density at radius 3 is 2.80 bits per heavy atom. The monoisotopic (exact) mass is 418 g/mol. The number of ether oxygens (including phenoxy) is 3. The van der Waals surface area contributed by atoms with Crippen molar-refractivity contribution in [1.82, 2.24) is 10.2 Å². The van der Waals surface area contributed by atoms with Gasteiger partial charge in [-0.05, 0) is 36.8 Å². The Kier molecular flexibility index (Phi) is 4.52. The molecule has 2 aromatic carbocycles. The number of hydrogen-bond donors (Lipinski definition) is 2. The van der Waals surface area contributed by atoms with Gasteiger partial charge in [0.15, 0.2) is 11.5 Å². The second-order valence-electron chi connectivity index (χ2n) is 7.06. The van der Waals surface area contributed by atoms with E-state index >= 15 is 0 Å². The molecule has 1 atom stereocenters. The zero-order chi connectivity index (χ0) is 20.7. The van der Waals surface area contributed by atoms with Gasteiger partial charge in [0.25, 0.3) is 0 Å². The number of benzene rings is 2. The summed E-state index contributed by atoms with van der Waals surface area (Å²) in [7, 11) is 0. The Morgan fingerprint density at radius 2 is 2.00 bits per heavy atom. The highest BCUT2D eigenvalue weighted by atomic mass is 32.2. The quantitative estimate of drug-likeness (QED) is 0.618. The maximum absolute atomic E-state index is 9.81. The first-order valence-electron chi connectivity index (χ1n) is 9.38. The molecule has 3 aromatic rings. The molecule has 0 aliphatic carbocycles. The Hall–Kier alpha value is -3.57. The van der Waals surface area contributed by atoms with E-state index in [0.717, 1.165) is 21.7 Å². The van der Waals surface area contributed by atoms with Crippen molar-refractivity contribution in [1.29, 1.82) is 5.26 Å². The standard InChI is InChI=1S/C22H18N4O3S/c1-12-2-5-14(6-3-12)30-10-16-20-19(13-4-7-17-18(8-13)28-11-27-17)15(9-23)21(24)29-22(20)26-25-16/h2-8,19H,10-11,24H2,1H3,(H,25,26)/t19-/m0/s1. The van der Waals surface area contributed by atoms with Crippen molar-refractivity contribution in [2.75, 3.05) is 6.79 Å². The number of rotatable bonds is 4. The van der Waals surface area contributed by atoms with Gasteiger partial charge in [-0.3, -0.25) is 5.10 Å². The van der Waals surface area contributed by atoms with Crippen LogP contribution < -0.4 is 19.9 Å². The summed E-state index contributed by atoms with van der Waals surface area (Å²) in [4.78, 5) is 1.15. The number of nitrogens with one attached hydrogen (secondary N) is 1. The molecule has 0 radical (unpaired) electrons. The molecule has 3 N–H and O–H groups in total. The fourth-order valence-electron chi connectivity index (χ4n) is 3.63. The van der Waals surface area contributed by atoms with Crippen LogP contribution in [0.5, 0.6) is 17.4 Å². The number of nitrogens with two attached hydrogens (primary N) is 1. The van der Waals surface area contributed by atoms with Crippen LogP contribution in [-0.4, -0.2) is 17.0 Å². The lowest BCUT2D eigenvalue weighted by Crippen LogP contribution is -2.21. The van der Waals surface area contributed by atoms with Crippen LogP contribution in [0.4, 0.5) is 0 Å². The molecule has 0 saturated carbocycles. The van der Waals surface area contributed by atoms with Gasteiger partial charge in [0.1, 0.15) is 11.6 Å². The van der Waals surface area contributed by atoms with Crippen LogP contribution in [0.25, 0.3) is 0 Å². The molecule has 150 valence electrons. The highest BCUT2D eigenvalue weighted by Crippen LogP contribution is 2.46. The van der Waals surface area contributed by atoms with E-state index in [9.17, 15) is 5.26 Å². The van der Waals surface area contributed by atoms with Gasteiger partial charge >= 0.3 is 0 Å². The summed E-state index contributed by atoms with van der Waals surface area (Å²) in [5.74, 6) is 2.04. The molecule has 0 bridgehead atoms. The zero-order valence-electron chi connectivity index (χ0n) is 16.1. The van der Waals surface area contributed by atoms with Crippen molar-refractivity contribution < 1.29 is 14.2 Å². The van der Waals surface area contributed by atoms with Gasteiger partial charge in [-0.2, -0.15) is 5.26 Å². The Bertz CT molecular complexity index is 1190. The molecule has 3 heterocycles. The smallest absolute Gasteiger partial charge is 0.244 e. The minimum Gasteiger partial charge on any atom is -0.454 e. The molecule has 30 heavy (non-hydrogen) atoms. The molecule has 0 unspecified atom stereocenters. The maximum Gasteiger partial charge on any atom is 0.244 e. The highest BCUT2D eigenvalue weighted by Gasteiger charge is 2.35. The van der Waals surface area contributed by atoms with Gasteiger partial charge in [-0.25, -0.2) is 0 Å². The molecular weight excluding hydrogens is 400 g/mol. The number of H-pyrrole nitrogens is 1. The van der Waals surface area contributed by atoms with Crippen molar-refractivity contribution in [3.63, 3.8) is 0 Å². The number of aromatic amines is 1. The van der Waals surface area contributed by atoms with Crippen LogP contribution in [0.2, 0.25) is 0 Å². The SMILES string of the molecule is Cc1ccc(SCc2[nH]nc3c2[C@@H](c2ccc4c(c2)OCO4)C(C#N)=C(N)O3)cc1. The summed E-state index contributed by atoms with van der Waals surface area (Å²) in [6.07, 6.45) is 0. The molecular formula is C22H18N4O3S. The number of aromatic nitrogens is 2. The molecule has 2 aliphatic heterocycles. The summed E-state index contributed by atoms with van der Waals surface area (Å²) < 4.78 is 16.6. The lowest BCUT2D eigenvalue weighted by molar-refractivity contribution is 0.174. The topological polar surface area (TPSA) is 106 Å². The third-order valence-electron chi connectivity index (χ3n) is 5.15. The molecule has 7 nitrogen and oxygen atoms in total. The van der Waals surface area contributed by atoms with Gasteiger partial charge in [0, 0.05) is 10.6 Å². The number of nitriles is 1. The second kappa shape index (κ2) is 7.35. The molecule has 0 saturated heterocycles. The first kappa shape index (κ1) is 18.5. The highest BCUT2D eigenvalue weighted by molar-refractivity contribution is 7.98. The minimum absolute atomic E-state index is 0.0666. The van der Waals surface area contributed by atoms with Crippen molar-refractivity contribution in [2.24, 2.45) is 5.73 Å². The average Bonchev–Trinajstić information content (AvgIpc) is 3.38. The summed E-state index contributed by atoms with van der Waals surface area (Å²) in [6.45, 7) is 2.25. The van der Waals surface area contributed by atoms with E-state index in [1.54, 1.807) is 11.8 Å². The van der Waals surface area contributed by atoms with Crippen molar-refractivity contribution >= 4 is 11.8 Å². The van der Waals surface area contributed by atoms with Crippen LogP contribution in [0.1, 0.15) is 28.3 Å². The zero-order valence-corrected chi connectivity index (χ0v) is 17.0. The first-order valence-corrected chi connectivity index (χ1v) is 10.4. The van der Waals surface area contributed by atoms with Gasteiger partial charge in [-0.1, -0.05) is 23.8 Å². The minimum atomic E-state index is -0.402. The van der Waals surface area contributed by atoms with Crippen molar-refractivity contribution in [3.05, 3.63) is 76.3 Å². The maximum atomic E-state index is 9.81. The first-order chi connectivity index (χ1) is 14.6. The third kappa shape index (κ3) is 3.13. The van der Waals surface area contributed by atoms with E-state index in [1.165, 1.54) is 5.56 Å². The Labute approximate surface area is 177 Å². The molecule has 2 aliphatic rings. The lowest BCUT2D eigenvalue weighted by Gasteiger charge is -2.24. The largest absolute Gasteiger partial charge is 0.454 e. The Balaban J connectivity index is 1.53. The van der Waals surface area contributed by atoms with E-state index < -0.39 is 5.92 Å². The van der Waals surface area contributed by atoms with E-state index in [-0.39, 0.29) is 12.7 Å². The fraction of sp³-hybridized carbons (Fsp3) is 0.182. The normalized spacial score (nSPS) is 16.7. The lowest BCUT2D eigenvalue weighted by atomic mass is 9.84. The van der Waals surface area contributed by atoms with Gasteiger partial charge in [-0.15, -0.1) is 16.9 Å².